The first-order valence-electron chi connectivity index (χ1n) is 9.92. The van der Waals surface area contributed by atoms with E-state index >= 15 is 0 Å². The Bertz CT molecular complexity index is 1320. The molecular formula is C22H22N6O3S. The summed E-state index contributed by atoms with van der Waals surface area (Å²) in [4.78, 5) is 32.2. The molecule has 0 unspecified atom stereocenters. The number of ether oxygens (including phenoxy) is 1. The molecule has 0 radical (unpaired) electrons. The van der Waals surface area contributed by atoms with Gasteiger partial charge in [-0.1, -0.05) is 23.9 Å². The largest absolute Gasteiger partial charge is 0.497 e. The number of carbonyl (C=O) groups is 1. The second kappa shape index (κ2) is 9.23. The molecule has 4 rings (SSSR count). The van der Waals surface area contributed by atoms with Crippen LogP contribution in [0.5, 0.6) is 5.75 Å². The van der Waals surface area contributed by atoms with Crippen molar-refractivity contribution in [2.75, 3.05) is 12.4 Å². The lowest BCUT2D eigenvalue weighted by Crippen LogP contribution is -2.17. The zero-order valence-electron chi connectivity index (χ0n) is 17.8. The van der Waals surface area contributed by atoms with Crippen molar-refractivity contribution in [3.63, 3.8) is 0 Å². The van der Waals surface area contributed by atoms with E-state index in [1.165, 1.54) is 11.8 Å². The summed E-state index contributed by atoms with van der Waals surface area (Å²) in [5.41, 5.74) is 1.15. The topological polar surface area (TPSA) is 115 Å². The Morgan fingerprint density at radius 2 is 1.94 bits per heavy atom. The Kier molecular flexibility index (Phi) is 6.22. The van der Waals surface area contributed by atoms with Crippen molar-refractivity contribution < 1.29 is 9.53 Å². The molecule has 9 nitrogen and oxygen atoms in total. The van der Waals surface area contributed by atoms with Gasteiger partial charge in [-0.05, 0) is 43.3 Å². The first kappa shape index (κ1) is 21.6. The minimum Gasteiger partial charge on any atom is -0.497 e. The number of nitrogens with one attached hydrogen (secondary N) is 2. The Labute approximate surface area is 188 Å². The average molecular weight is 451 g/mol. The molecule has 0 fully saturated rings. The molecule has 0 aliphatic carbocycles. The van der Waals surface area contributed by atoms with Gasteiger partial charge in [0.2, 0.25) is 5.91 Å². The molecular weight excluding hydrogens is 428 g/mol. The number of thioether (sulfide) groups is 1. The second-order valence-electron chi connectivity index (χ2n) is 7.14. The number of anilines is 1. The van der Waals surface area contributed by atoms with Gasteiger partial charge in [0.05, 0.1) is 29.7 Å². The van der Waals surface area contributed by atoms with E-state index in [2.05, 4.69) is 25.5 Å². The standard InChI is InChI=1S/C22H22N6O3S/c1-13(20-24-17-7-5-4-6-16(17)21(30)25-20)32-22-27-26-18(28(22)2)12-19(29)23-14-8-10-15(31-3)11-9-14/h4-11,13H,12H2,1-3H3,(H,23,29)(H,24,25,30)/t13-/m0/s1. The number of fused-ring (bicyclic) bond motifs is 1. The average Bonchev–Trinajstić information content (AvgIpc) is 3.13. The second-order valence-corrected chi connectivity index (χ2v) is 8.45. The first-order chi connectivity index (χ1) is 15.4. The summed E-state index contributed by atoms with van der Waals surface area (Å²) in [6.07, 6.45) is 0.0789. The molecule has 2 N–H and O–H groups in total. The SMILES string of the molecule is COc1ccc(NC(=O)Cc2nnc(S[C@@H](C)c3nc4ccccc4c(=O)[nH]3)n2C)cc1. The molecule has 2 aromatic heterocycles. The van der Waals surface area contributed by atoms with E-state index in [1.54, 1.807) is 42.0 Å². The third kappa shape index (κ3) is 4.65. The first-order valence-corrected chi connectivity index (χ1v) is 10.8. The molecule has 0 saturated heterocycles. The number of hydrogen-bond acceptors (Lipinski definition) is 7. The molecule has 4 aromatic rings. The highest BCUT2D eigenvalue weighted by Crippen LogP contribution is 2.32. The van der Waals surface area contributed by atoms with Crippen LogP contribution in [0.1, 0.15) is 23.8 Å². The van der Waals surface area contributed by atoms with Gasteiger partial charge in [0.25, 0.3) is 5.56 Å². The number of H-pyrrole nitrogens is 1. The van der Waals surface area contributed by atoms with Crippen molar-refractivity contribution in [2.24, 2.45) is 7.05 Å². The van der Waals surface area contributed by atoms with Crippen LogP contribution in [0.2, 0.25) is 0 Å². The fourth-order valence-electron chi connectivity index (χ4n) is 3.14. The van der Waals surface area contributed by atoms with Gasteiger partial charge < -0.3 is 19.6 Å². The lowest BCUT2D eigenvalue weighted by molar-refractivity contribution is -0.115. The van der Waals surface area contributed by atoms with Gasteiger partial charge in [0.1, 0.15) is 17.4 Å². The molecule has 0 saturated carbocycles. The minimum absolute atomic E-state index is 0.0789. The van der Waals surface area contributed by atoms with Crippen LogP contribution in [-0.2, 0) is 18.3 Å². The lowest BCUT2D eigenvalue weighted by Gasteiger charge is -2.11. The highest BCUT2D eigenvalue weighted by atomic mass is 32.2. The number of methoxy groups -OCH3 is 1. The lowest BCUT2D eigenvalue weighted by atomic mass is 10.2. The maximum absolute atomic E-state index is 12.4. The Morgan fingerprint density at radius 1 is 1.19 bits per heavy atom. The molecule has 10 heteroatoms. The quantitative estimate of drug-likeness (QED) is 0.416. The molecule has 2 heterocycles. The van der Waals surface area contributed by atoms with Gasteiger partial charge >= 0.3 is 0 Å². The molecule has 0 aliphatic rings. The predicted octanol–water partition coefficient (Wildman–Crippen LogP) is 3.09. The summed E-state index contributed by atoms with van der Waals surface area (Å²) >= 11 is 1.41. The monoisotopic (exact) mass is 450 g/mol. The summed E-state index contributed by atoms with van der Waals surface area (Å²) in [5, 5.41) is 12.2. The summed E-state index contributed by atoms with van der Waals surface area (Å²) in [5.74, 6) is 1.61. The Morgan fingerprint density at radius 3 is 2.69 bits per heavy atom. The highest BCUT2D eigenvalue weighted by Gasteiger charge is 2.18. The number of benzene rings is 2. The zero-order chi connectivity index (χ0) is 22.7. The van der Waals surface area contributed by atoms with Crippen LogP contribution in [-0.4, -0.2) is 37.7 Å². The molecule has 0 aliphatic heterocycles. The van der Waals surface area contributed by atoms with E-state index in [1.807, 2.05) is 32.2 Å². The summed E-state index contributed by atoms with van der Waals surface area (Å²) in [7, 11) is 3.40. The number of hydrogen-bond donors (Lipinski definition) is 2. The number of para-hydroxylation sites is 1. The fraction of sp³-hybridized carbons (Fsp3) is 0.227. The third-order valence-corrected chi connectivity index (χ3v) is 6.06. The molecule has 2 aromatic carbocycles. The number of aromatic nitrogens is 5. The number of amides is 1. The van der Waals surface area contributed by atoms with E-state index in [0.717, 1.165) is 0 Å². The van der Waals surface area contributed by atoms with Crippen LogP contribution in [0, 0.1) is 0 Å². The molecule has 0 bridgehead atoms. The summed E-state index contributed by atoms with van der Waals surface area (Å²) in [6.45, 7) is 1.93. The third-order valence-electron chi connectivity index (χ3n) is 4.92. The highest BCUT2D eigenvalue weighted by molar-refractivity contribution is 7.99. The number of nitrogens with zero attached hydrogens (tertiary/aromatic N) is 4. The van der Waals surface area contributed by atoms with Crippen LogP contribution in [0.15, 0.2) is 58.5 Å². The van der Waals surface area contributed by atoms with E-state index < -0.39 is 0 Å². The maximum Gasteiger partial charge on any atom is 0.258 e. The van der Waals surface area contributed by atoms with Crippen LogP contribution >= 0.6 is 11.8 Å². The normalized spacial score (nSPS) is 12.0. The summed E-state index contributed by atoms with van der Waals surface area (Å²) in [6, 6.07) is 14.3. The Hall–Kier alpha value is -3.66. The van der Waals surface area contributed by atoms with E-state index in [4.69, 9.17) is 4.74 Å². The Balaban J connectivity index is 1.44. The maximum atomic E-state index is 12.4. The number of rotatable bonds is 7. The van der Waals surface area contributed by atoms with Gasteiger partial charge in [-0.3, -0.25) is 9.59 Å². The van der Waals surface area contributed by atoms with E-state index in [9.17, 15) is 9.59 Å². The number of carbonyl (C=O) groups excluding carboxylic acids is 1. The van der Waals surface area contributed by atoms with Crippen molar-refractivity contribution in [2.45, 2.75) is 23.8 Å². The molecule has 1 atom stereocenters. The van der Waals surface area contributed by atoms with E-state index in [-0.39, 0.29) is 23.1 Å². The van der Waals surface area contributed by atoms with E-state index in [0.29, 0.717) is 39.1 Å². The smallest absolute Gasteiger partial charge is 0.258 e. The van der Waals surface area contributed by atoms with Gasteiger partial charge in [0, 0.05) is 12.7 Å². The van der Waals surface area contributed by atoms with Gasteiger partial charge in [-0.15, -0.1) is 10.2 Å². The predicted molar refractivity (Wildman–Crippen MR) is 123 cm³/mol. The minimum atomic E-state index is -0.198. The number of aromatic amines is 1. The van der Waals surface area contributed by atoms with Crippen molar-refractivity contribution in [1.29, 1.82) is 0 Å². The van der Waals surface area contributed by atoms with Gasteiger partial charge in [-0.2, -0.15) is 0 Å². The van der Waals surface area contributed by atoms with Crippen LogP contribution < -0.4 is 15.6 Å². The van der Waals surface area contributed by atoms with Crippen molar-refractivity contribution >= 4 is 34.3 Å². The summed E-state index contributed by atoms with van der Waals surface area (Å²) < 4.78 is 6.89. The zero-order valence-corrected chi connectivity index (χ0v) is 18.6. The van der Waals surface area contributed by atoms with Crippen LogP contribution in [0.3, 0.4) is 0 Å². The molecule has 0 spiro atoms. The molecule has 164 valence electrons. The fourth-order valence-corrected chi connectivity index (χ4v) is 4.03. The van der Waals surface area contributed by atoms with Crippen LogP contribution in [0.25, 0.3) is 10.9 Å². The van der Waals surface area contributed by atoms with Crippen molar-refractivity contribution in [1.82, 2.24) is 24.7 Å². The van der Waals surface area contributed by atoms with Gasteiger partial charge in [-0.25, -0.2) is 4.98 Å². The van der Waals surface area contributed by atoms with Crippen LogP contribution in [0.4, 0.5) is 5.69 Å². The van der Waals surface area contributed by atoms with Crippen molar-refractivity contribution in [3.05, 3.63) is 70.5 Å². The molecule has 1 amide bonds. The van der Waals surface area contributed by atoms with Crippen molar-refractivity contribution in [3.8, 4) is 5.75 Å². The van der Waals surface area contributed by atoms with Gasteiger partial charge in [0.15, 0.2) is 5.16 Å². The molecule has 32 heavy (non-hydrogen) atoms.